The third-order valence-corrected chi connectivity index (χ3v) is 7.41. The predicted molar refractivity (Wildman–Crippen MR) is 135 cm³/mol. The van der Waals surface area contributed by atoms with Gasteiger partial charge in [-0.2, -0.15) is 0 Å². The number of benzene rings is 1. The summed E-state index contributed by atoms with van der Waals surface area (Å²) in [5, 5.41) is 6.53. The van der Waals surface area contributed by atoms with Crippen LogP contribution in [0.15, 0.2) is 42.7 Å². The van der Waals surface area contributed by atoms with Crippen molar-refractivity contribution >= 4 is 22.8 Å². The van der Waals surface area contributed by atoms with Gasteiger partial charge in [0.05, 0.1) is 17.2 Å². The van der Waals surface area contributed by atoms with E-state index in [1.165, 1.54) is 24.6 Å². The molecule has 0 radical (unpaired) electrons. The first-order valence-electron chi connectivity index (χ1n) is 12.6. The topological polar surface area (TPSA) is 80.6 Å². The molecule has 180 valence electrons. The van der Waals surface area contributed by atoms with Crippen LogP contribution in [0, 0.1) is 12.7 Å². The number of nitrogens with one attached hydrogen (secondary N) is 2. The highest BCUT2D eigenvalue weighted by Crippen LogP contribution is 2.35. The van der Waals surface area contributed by atoms with Gasteiger partial charge in [0.15, 0.2) is 5.82 Å². The van der Waals surface area contributed by atoms with E-state index in [1.54, 1.807) is 0 Å². The Bertz CT molecular complexity index is 1340. The molecule has 8 heteroatoms. The van der Waals surface area contributed by atoms with Gasteiger partial charge in [0.25, 0.3) is 0 Å². The molecule has 0 amide bonds. The Kier molecular flexibility index (Phi) is 5.90. The molecule has 4 heterocycles. The lowest BCUT2D eigenvalue weighted by Gasteiger charge is -2.22. The minimum atomic E-state index is -0.451. The molecule has 0 spiro atoms. The summed E-state index contributed by atoms with van der Waals surface area (Å²) in [4.78, 5) is 18.0. The third kappa shape index (κ3) is 4.38. The number of pyridine rings is 1. The summed E-state index contributed by atoms with van der Waals surface area (Å²) in [6.07, 6.45) is 10.2. The van der Waals surface area contributed by atoms with Crippen molar-refractivity contribution in [3.63, 3.8) is 0 Å². The Hall–Kier alpha value is -3.39. The van der Waals surface area contributed by atoms with Gasteiger partial charge in [-0.15, -0.1) is 0 Å². The zero-order valence-electron chi connectivity index (χ0n) is 20.0. The molecule has 4 aromatic rings. The summed E-state index contributed by atoms with van der Waals surface area (Å²) < 4.78 is 17.2. The van der Waals surface area contributed by atoms with Crippen molar-refractivity contribution in [1.82, 2.24) is 29.8 Å². The van der Waals surface area contributed by atoms with Crippen molar-refractivity contribution in [3.8, 4) is 11.3 Å². The first-order chi connectivity index (χ1) is 17.2. The van der Waals surface area contributed by atoms with Crippen LogP contribution in [0.5, 0.6) is 0 Å². The highest BCUT2D eigenvalue weighted by atomic mass is 19.1. The summed E-state index contributed by atoms with van der Waals surface area (Å²) in [5.74, 6) is 2.07. The zero-order valence-corrected chi connectivity index (χ0v) is 20.0. The fraction of sp³-hybridized carbons (Fsp3) is 0.407. The second-order valence-electron chi connectivity index (χ2n) is 9.69. The van der Waals surface area contributed by atoms with E-state index in [-0.39, 0.29) is 5.69 Å². The van der Waals surface area contributed by atoms with Crippen molar-refractivity contribution < 1.29 is 4.39 Å². The maximum absolute atomic E-state index is 14.9. The van der Waals surface area contributed by atoms with Crippen LogP contribution < -0.4 is 10.6 Å². The van der Waals surface area contributed by atoms with Crippen molar-refractivity contribution in [3.05, 3.63) is 59.9 Å². The molecule has 7 nitrogen and oxygen atoms in total. The zero-order chi connectivity index (χ0) is 23.8. The number of aryl methyl sites for hydroxylation is 1. The Balaban J connectivity index is 1.28. The molecule has 3 aromatic heterocycles. The molecule has 1 aliphatic carbocycles. The van der Waals surface area contributed by atoms with Gasteiger partial charge in [0.1, 0.15) is 17.3 Å². The van der Waals surface area contributed by atoms with Crippen LogP contribution in [0.25, 0.3) is 22.3 Å². The molecular weight excluding hydrogens is 441 g/mol. The quantitative estimate of drug-likeness (QED) is 0.391. The van der Waals surface area contributed by atoms with E-state index >= 15 is 0 Å². The van der Waals surface area contributed by atoms with E-state index in [0.29, 0.717) is 29.3 Å². The van der Waals surface area contributed by atoms with Gasteiger partial charge >= 0.3 is 0 Å². The van der Waals surface area contributed by atoms with E-state index in [1.807, 2.05) is 30.5 Å². The van der Waals surface area contributed by atoms with Crippen LogP contribution in [-0.2, 0) is 0 Å². The average molecular weight is 472 g/mol. The lowest BCUT2D eigenvalue weighted by molar-refractivity contribution is 0.459. The summed E-state index contributed by atoms with van der Waals surface area (Å²) in [5.41, 5.74) is 4.21. The Morgan fingerprint density at radius 3 is 2.57 bits per heavy atom. The maximum Gasteiger partial charge on any atom is 0.229 e. The highest BCUT2D eigenvalue weighted by molar-refractivity contribution is 5.82. The van der Waals surface area contributed by atoms with E-state index in [0.717, 1.165) is 55.6 Å². The summed E-state index contributed by atoms with van der Waals surface area (Å²) in [6, 6.07) is 10.4. The average Bonchev–Trinajstić information content (AvgIpc) is 3.52. The molecular formula is C27H30FN7. The number of hydrogen-bond donors (Lipinski definition) is 2. The Morgan fingerprint density at radius 2 is 1.80 bits per heavy atom. The van der Waals surface area contributed by atoms with Crippen LogP contribution in [0.2, 0.25) is 0 Å². The Labute approximate surface area is 204 Å². The second-order valence-corrected chi connectivity index (χ2v) is 9.69. The molecule has 6 rings (SSSR count). The Morgan fingerprint density at radius 1 is 0.971 bits per heavy atom. The molecule has 0 atom stereocenters. The van der Waals surface area contributed by atoms with Crippen molar-refractivity contribution in [2.75, 3.05) is 18.4 Å². The van der Waals surface area contributed by atoms with Crippen LogP contribution in [0.4, 0.5) is 16.2 Å². The smallest absolute Gasteiger partial charge is 0.229 e. The van der Waals surface area contributed by atoms with Gasteiger partial charge in [-0.25, -0.2) is 24.3 Å². The lowest BCUT2D eigenvalue weighted by Crippen LogP contribution is -2.26. The number of halogens is 1. The van der Waals surface area contributed by atoms with E-state index < -0.39 is 5.82 Å². The van der Waals surface area contributed by atoms with E-state index in [2.05, 4.69) is 43.1 Å². The number of anilines is 2. The normalized spacial score (nSPS) is 17.3. The minimum absolute atomic E-state index is 0.271. The first-order valence-corrected chi connectivity index (χ1v) is 12.6. The molecule has 2 N–H and O–H groups in total. The van der Waals surface area contributed by atoms with E-state index in [9.17, 15) is 4.39 Å². The predicted octanol–water partition coefficient (Wildman–Crippen LogP) is 5.66. The largest absolute Gasteiger partial charge is 0.325 e. The van der Waals surface area contributed by atoms with Gasteiger partial charge in [-0.05, 0) is 75.4 Å². The van der Waals surface area contributed by atoms with Crippen LogP contribution in [0.1, 0.15) is 61.9 Å². The monoisotopic (exact) mass is 471 g/mol. The molecule has 2 aliphatic rings. The number of hydrogen-bond acceptors (Lipinski definition) is 6. The summed E-state index contributed by atoms with van der Waals surface area (Å²) >= 11 is 0. The van der Waals surface area contributed by atoms with Crippen LogP contribution in [-0.4, -0.2) is 37.6 Å². The molecule has 1 saturated carbocycles. The number of imidazole rings is 1. The SMILES string of the molecule is Cc1nc2ccc(-c3nc(Nc4ccc(C5CCNCC5)cn4)ncc3F)cc2n1C1CCCC1. The number of nitrogens with zero attached hydrogens (tertiary/aromatic N) is 5. The number of aromatic nitrogens is 5. The van der Waals surface area contributed by atoms with Gasteiger partial charge in [-0.1, -0.05) is 25.0 Å². The molecule has 0 unspecified atom stereocenters. The summed E-state index contributed by atoms with van der Waals surface area (Å²) in [7, 11) is 0. The standard InChI is InChI=1S/C27H30FN7/c1-17-32-23-8-6-19(14-24(23)35(17)21-4-2-3-5-21)26-22(28)16-31-27(34-26)33-25-9-7-20(15-30-25)18-10-12-29-13-11-18/h6-9,14-16,18,21,29H,2-5,10-13H2,1H3,(H,30,31,33,34). The van der Waals surface area contributed by atoms with E-state index in [4.69, 9.17) is 4.98 Å². The fourth-order valence-electron chi connectivity index (χ4n) is 5.60. The third-order valence-electron chi connectivity index (χ3n) is 7.41. The molecule has 1 aliphatic heterocycles. The van der Waals surface area contributed by atoms with Crippen molar-refractivity contribution in [2.24, 2.45) is 0 Å². The fourth-order valence-corrected chi connectivity index (χ4v) is 5.60. The van der Waals surface area contributed by atoms with Crippen molar-refractivity contribution in [2.45, 2.75) is 57.4 Å². The van der Waals surface area contributed by atoms with Gasteiger partial charge in [-0.3, -0.25) is 0 Å². The number of fused-ring (bicyclic) bond motifs is 1. The van der Waals surface area contributed by atoms with Gasteiger partial charge in [0, 0.05) is 17.8 Å². The lowest BCUT2D eigenvalue weighted by atomic mass is 9.91. The van der Waals surface area contributed by atoms with Crippen LogP contribution in [0.3, 0.4) is 0 Å². The molecule has 35 heavy (non-hydrogen) atoms. The number of rotatable bonds is 5. The van der Waals surface area contributed by atoms with Gasteiger partial charge < -0.3 is 15.2 Å². The highest BCUT2D eigenvalue weighted by Gasteiger charge is 2.22. The van der Waals surface area contributed by atoms with Gasteiger partial charge in [0.2, 0.25) is 5.95 Å². The molecule has 1 saturated heterocycles. The molecule has 0 bridgehead atoms. The molecule has 2 fully saturated rings. The maximum atomic E-state index is 14.9. The van der Waals surface area contributed by atoms with Crippen molar-refractivity contribution in [1.29, 1.82) is 0 Å². The number of piperidine rings is 1. The van der Waals surface area contributed by atoms with Crippen LogP contribution >= 0.6 is 0 Å². The summed E-state index contributed by atoms with van der Waals surface area (Å²) in [6.45, 7) is 4.14. The molecule has 1 aromatic carbocycles. The minimum Gasteiger partial charge on any atom is -0.325 e. The second kappa shape index (κ2) is 9.34. The first kappa shape index (κ1) is 22.1.